The van der Waals surface area contributed by atoms with E-state index in [-0.39, 0.29) is 5.91 Å². The molecule has 0 unspecified atom stereocenters. The summed E-state index contributed by atoms with van der Waals surface area (Å²) in [4.78, 5) is 19.8. The Bertz CT molecular complexity index is 961. The smallest absolute Gasteiger partial charge is 0.266 e. The summed E-state index contributed by atoms with van der Waals surface area (Å²) < 4.78 is 21.3. The first kappa shape index (κ1) is 21.6. The summed E-state index contributed by atoms with van der Waals surface area (Å²) in [5, 5.41) is 0.631. The Morgan fingerprint density at radius 2 is 1.60 bits per heavy atom. The van der Waals surface area contributed by atoms with Gasteiger partial charge in [-0.3, -0.25) is 9.69 Å². The molecule has 0 saturated carbocycles. The number of likely N-dealkylation sites (N-methyl/N-ethyl adjacent to an activating group) is 1. The lowest BCUT2D eigenvalue weighted by atomic mass is 10.1. The molecule has 8 heteroatoms. The van der Waals surface area contributed by atoms with Gasteiger partial charge in [-0.25, -0.2) is 4.99 Å². The number of amides is 1. The van der Waals surface area contributed by atoms with Crippen molar-refractivity contribution in [1.29, 1.82) is 0 Å². The first-order valence-electron chi connectivity index (χ1n) is 9.28. The van der Waals surface area contributed by atoms with Crippen LogP contribution in [0.25, 0.3) is 6.08 Å². The van der Waals surface area contributed by atoms with Crippen molar-refractivity contribution >= 4 is 34.6 Å². The number of nitrogens with zero attached hydrogens (tertiary/aromatic N) is 2. The highest BCUT2D eigenvalue weighted by molar-refractivity contribution is 8.18. The number of benzene rings is 2. The van der Waals surface area contributed by atoms with Gasteiger partial charge < -0.3 is 18.9 Å². The molecule has 0 aromatic heterocycles. The summed E-state index contributed by atoms with van der Waals surface area (Å²) in [6, 6.07) is 11.0. The highest BCUT2D eigenvalue weighted by Crippen LogP contribution is 2.40. The Kier molecular flexibility index (Phi) is 6.89. The van der Waals surface area contributed by atoms with E-state index in [0.29, 0.717) is 33.9 Å². The molecule has 1 saturated heterocycles. The van der Waals surface area contributed by atoms with Crippen LogP contribution in [0.2, 0.25) is 0 Å². The zero-order valence-electron chi connectivity index (χ0n) is 17.6. The van der Waals surface area contributed by atoms with Crippen molar-refractivity contribution < 1.29 is 23.7 Å². The van der Waals surface area contributed by atoms with E-state index in [1.165, 1.54) is 11.8 Å². The number of aliphatic imine (C=N–C) groups is 1. The van der Waals surface area contributed by atoms with Gasteiger partial charge in [-0.15, -0.1) is 0 Å². The number of methoxy groups -OCH3 is 4. The van der Waals surface area contributed by atoms with Crippen molar-refractivity contribution in [3.05, 3.63) is 46.9 Å². The third kappa shape index (κ3) is 4.38. The summed E-state index contributed by atoms with van der Waals surface area (Å²) in [7, 11) is 6.28. The molecule has 3 rings (SSSR count). The topological polar surface area (TPSA) is 69.6 Å². The molecule has 7 nitrogen and oxygen atoms in total. The van der Waals surface area contributed by atoms with Crippen LogP contribution in [-0.4, -0.2) is 51.0 Å². The Morgan fingerprint density at radius 1 is 0.967 bits per heavy atom. The van der Waals surface area contributed by atoms with Gasteiger partial charge in [0.15, 0.2) is 16.7 Å². The Labute approximate surface area is 180 Å². The first-order chi connectivity index (χ1) is 14.5. The summed E-state index contributed by atoms with van der Waals surface area (Å²) in [5.74, 6) is 2.22. The van der Waals surface area contributed by atoms with Crippen LogP contribution in [0.1, 0.15) is 12.5 Å². The van der Waals surface area contributed by atoms with E-state index >= 15 is 0 Å². The van der Waals surface area contributed by atoms with Crippen LogP contribution in [0.15, 0.2) is 46.3 Å². The SMILES string of the molecule is CCN1C(=O)/C(=C/c2cc(OC)c(OC)c(OC)c2)SC1=Nc1ccc(OC)cc1. The molecule has 2 aromatic rings. The maximum atomic E-state index is 12.9. The van der Waals surface area contributed by atoms with Crippen molar-refractivity contribution in [3.63, 3.8) is 0 Å². The molecule has 1 aliphatic rings. The maximum Gasteiger partial charge on any atom is 0.266 e. The first-order valence-corrected chi connectivity index (χ1v) is 10.1. The minimum atomic E-state index is -0.0940. The highest BCUT2D eigenvalue weighted by atomic mass is 32.2. The van der Waals surface area contributed by atoms with Gasteiger partial charge >= 0.3 is 0 Å². The fourth-order valence-electron chi connectivity index (χ4n) is 2.97. The second kappa shape index (κ2) is 9.58. The maximum absolute atomic E-state index is 12.9. The van der Waals surface area contributed by atoms with Crippen LogP contribution in [0.4, 0.5) is 5.69 Å². The molecule has 0 N–H and O–H groups in total. The average molecular weight is 429 g/mol. The van der Waals surface area contributed by atoms with Gasteiger partial charge in [0.05, 0.1) is 39.0 Å². The zero-order valence-corrected chi connectivity index (χ0v) is 18.4. The predicted molar refractivity (Wildman–Crippen MR) is 119 cm³/mol. The van der Waals surface area contributed by atoms with E-state index in [2.05, 4.69) is 4.99 Å². The van der Waals surface area contributed by atoms with Crippen LogP contribution < -0.4 is 18.9 Å². The molecule has 0 atom stereocenters. The molecule has 2 aromatic carbocycles. The van der Waals surface area contributed by atoms with Gasteiger partial charge in [0.25, 0.3) is 5.91 Å². The summed E-state index contributed by atoms with van der Waals surface area (Å²) >= 11 is 1.33. The number of carbonyl (C=O) groups excluding carboxylic acids is 1. The highest BCUT2D eigenvalue weighted by Gasteiger charge is 2.32. The molecular formula is C22H24N2O5S. The average Bonchev–Trinajstić information content (AvgIpc) is 3.07. The molecular weight excluding hydrogens is 404 g/mol. The van der Waals surface area contributed by atoms with Crippen LogP contribution in [0.5, 0.6) is 23.0 Å². The Morgan fingerprint density at radius 3 is 2.10 bits per heavy atom. The monoisotopic (exact) mass is 428 g/mol. The number of rotatable bonds is 7. The number of hydrogen-bond acceptors (Lipinski definition) is 7. The zero-order chi connectivity index (χ0) is 21.7. The van der Waals surface area contributed by atoms with Gasteiger partial charge in [0.1, 0.15) is 5.75 Å². The molecule has 158 valence electrons. The molecule has 30 heavy (non-hydrogen) atoms. The van der Waals surface area contributed by atoms with Crippen LogP contribution in [0.3, 0.4) is 0 Å². The van der Waals surface area contributed by atoms with Crippen molar-refractivity contribution in [3.8, 4) is 23.0 Å². The molecule has 0 radical (unpaired) electrons. The third-order valence-electron chi connectivity index (χ3n) is 4.49. The van der Waals surface area contributed by atoms with Crippen molar-refractivity contribution in [2.75, 3.05) is 35.0 Å². The van der Waals surface area contributed by atoms with Crippen LogP contribution in [0, 0.1) is 0 Å². The number of thioether (sulfide) groups is 1. The van der Waals surface area contributed by atoms with E-state index in [4.69, 9.17) is 18.9 Å². The predicted octanol–water partition coefficient (Wildman–Crippen LogP) is 4.34. The van der Waals surface area contributed by atoms with E-state index in [1.807, 2.05) is 31.2 Å². The number of carbonyl (C=O) groups is 1. The molecule has 1 fully saturated rings. The minimum absolute atomic E-state index is 0.0940. The molecule has 0 spiro atoms. The van der Waals surface area contributed by atoms with Crippen molar-refractivity contribution in [2.45, 2.75) is 6.92 Å². The molecule has 0 aliphatic carbocycles. The molecule has 1 amide bonds. The second-order valence-electron chi connectivity index (χ2n) is 6.21. The van der Waals surface area contributed by atoms with Gasteiger partial charge in [-0.2, -0.15) is 0 Å². The van der Waals surface area contributed by atoms with Crippen molar-refractivity contribution in [1.82, 2.24) is 4.90 Å². The van der Waals surface area contributed by atoms with Gasteiger partial charge in [-0.05, 0) is 66.7 Å². The van der Waals surface area contributed by atoms with Gasteiger partial charge in [0.2, 0.25) is 5.75 Å². The van der Waals surface area contributed by atoms with Gasteiger partial charge in [-0.1, -0.05) is 0 Å². The van der Waals surface area contributed by atoms with E-state index in [1.54, 1.807) is 51.5 Å². The Hall–Kier alpha value is -3.13. The van der Waals surface area contributed by atoms with E-state index in [0.717, 1.165) is 17.0 Å². The normalized spacial score (nSPS) is 16.3. The summed E-state index contributed by atoms with van der Waals surface area (Å²) in [6.45, 7) is 2.44. The number of ether oxygens (including phenoxy) is 4. The lowest BCUT2D eigenvalue weighted by Crippen LogP contribution is -2.28. The van der Waals surface area contributed by atoms with E-state index in [9.17, 15) is 4.79 Å². The van der Waals surface area contributed by atoms with Crippen molar-refractivity contribution in [2.24, 2.45) is 4.99 Å². The lowest BCUT2D eigenvalue weighted by molar-refractivity contribution is -0.122. The standard InChI is InChI=1S/C22H24N2O5S/c1-6-24-21(25)19(30-22(24)23-15-7-9-16(26-2)10-8-15)13-14-11-17(27-3)20(29-5)18(12-14)28-4/h7-13H,6H2,1-5H3/b19-13-,23-22?. The quantitative estimate of drug-likeness (QED) is 0.611. The third-order valence-corrected chi connectivity index (χ3v) is 5.49. The largest absolute Gasteiger partial charge is 0.497 e. The summed E-state index contributed by atoms with van der Waals surface area (Å²) in [6.07, 6.45) is 1.80. The molecule has 1 heterocycles. The van der Waals surface area contributed by atoms with E-state index < -0.39 is 0 Å². The van der Waals surface area contributed by atoms with Crippen LogP contribution in [-0.2, 0) is 4.79 Å². The lowest BCUT2D eigenvalue weighted by Gasteiger charge is -2.13. The molecule has 0 bridgehead atoms. The number of amidine groups is 1. The summed E-state index contributed by atoms with van der Waals surface area (Å²) in [5.41, 5.74) is 1.51. The fraction of sp³-hybridized carbons (Fsp3) is 0.273. The minimum Gasteiger partial charge on any atom is -0.497 e. The Balaban J connectivity index is 1.96. The van der Waals surface area contributed by atoms with Gasteiger partial charge in [0, 0.05) is 6.54 Å². The van der Waals surface area contributed by atoms with Crippen LogP contribution >= 0.6 is 11.8 Å². The fourth-order valence-corrected chi connectivity index (χ4v) is 4.04. The number of hydrogen-bond donors (Lipinski definition) is 0. The molecule has 1 aliphatic heterocycles. The second-order valence-corrected chi connectivity index (χ2v) is 7.22.